The summed E-state index contributed by atoms with van der Waals surface area (Å²) in [7, 11) is -2.07. The monoisotopic (exact) mass is 403 g/mol. The van der Waals surface area contributed by atoms with Crippen molar-refractivity contribution in [3.8, 4) is 0 Å². The fourth-order valence-corrected chi connectivity index (χ4v) is 4.56. The van der Waals surface area contributed by atoms with Crippen LogP contribution < -0.4 is 5.73 Å². The topological polar surface area (TPSA) is 83.7 Å². The van der Waals surface area contributed by atoms with Gasteiger partial charge in [0.1, 0.15) is 0 Å². The third-order valence-electron chi connectivity index (χ3n) is 5.00. The molecule has 0 spiro atoms. The second kappa shape index (κ2) is 9.17. The number of rotatable bonds is 5. The summed E-state index contributed by atoms with van der Waals surface area (Å²) in [5, 5.41) is 0. The van der Waals surface area contributed by atoms with Gasteiger partial charge in [-0.2, -0.15) is 4.31 Å². The van der Waals surface area contributed by atoms with Crippen molar-refractivity contribution in [1.29, 1.82) is 0 Å². The fourth-order valence-electron chi connectivity index (χ4n) is 3.14. The fraction of sp³-hybridized carbons (Fsp3) is 0.611. The summed E-state index contributed by atoms with van der Waals surface area (Å²) in [5.74, 6) is 0.399. The van der Waals surface area contributed by atoms with Crippen LogP contribution in [0.15, 0.2) is 29.2 Å². The molecule has 0 bridgehead atoms. The number of carbonyl (C=O) groups is 1. The molecule has 2 unspecified atom stereocenters. The van der Waals surface area contributed by atoms with Gasteiger partial charge in [-0.3, -0.25) is 4.79 Å². The van der Waals surface area contributed by atoms with Crippen molar-refractivity contribution in [2.75, 3.05) is 20.1 Å². The van der Waals surface area contributed by atoms with E-state index in [1.807, 2.05) is 13.8 Å². The molecule has 2 N–H and O–H groups in total. The number of nitrogens with two attached hydrogens (primary N) is 1. The van der Waals surface area contributed by atoms with Crippen LogP contribution in [0.3, 0.4) is 0 Å². The summed E-state index contributed by atoms with van der Waals surface area (Å²) in [5.41, 5.74) is 6.24. The number of halogens is 1. The first-order chi connectivity index (χ1) is 11.7. The molecule has 2 rings (SSSR count). The lowest BCUT2D eigenvalue weighted by atomic mass is 9.92. The molecule has 2 atom stereocenters. The van der Waals surface area contributed by atoms with Gasteiger partial charge in [0.05, 0.1) is 4.90 Å². The molecular weight excluding hydrogens is 374 g/mol. The molecule has 26 heavy (non-hydrogen) atoms. The number of hydrogen-bond donors (Lipinski definition) is 1. The summed E-state index contributed by atoms with van der Waals surface area (Å²) in [4.78, 5) is 14.9. The summed E-state index contributed by atoms with van der Waals surface area (Å²) < 4.78 is 26.6. The van der Waals surface area contributed by atoms with Gasteiger partial charge in [-0.05, 0) is 50.8 Å². The SMILES string of the molecule is CC1CCN(C(=O)c2cccc(S(=O)(=O)N(C)C(C)C)c2)C(CN)C1.Cl. The van der Waals surface area contributed by atoms with E-state index in [4.69, 9.17) is 5.73 Å². The highest BCUT2D eigenvalue weighted by Gasteiger charge is 2.30. The molecule has 1 heterocycles. The van der Waals surface area contributed by atoms with Crippen molar-refractivity contribution in [3.63, 3.8) is 0 Å². The van der Waals surface area contributed by atoms with E-state index in [0.29, 0.717) is 24.6 Å². The van der Waals surface area contributed by atoms with Crippen LogP contribution in [-0.4, -0.2) is 55.8 Å². The first kappa shape index (κ1) is 22.9. The second-order valence-corrected chi connectivity index (χ2v) is 9.16. The summed E-state index contributed by atoms with van der Waals surface area (Å²) >= 11 is 0. The third-order valence-corrected chi connectivity index (χ3v) is 7.03. The highest BCUT2D eigenvalue weighted by molar-refractivity contribution is 7.89. The lowest BCUT2D eigenvalue weighted by molar-refractivity contribution is 0.0573. The Hall–Kier alpha value is -1.15. The molecule has 1 aromatic rings. The van der Waals surface area contributed by atoms with Crippen molar-refractivity contribution < 1.29 is 13.2 Å². The van der Waals surface area contributed by atoms with E-state index in [2.05, 4.69) is 6.92 Å². The van der Waals surface area contributed by atoms with E-state index in [-0.39, 0.29) is 35.3 Å². The van der Waals surface area contributed by atoms with Gasteiger partial charge in [0, 0.05) is 37.8 Å². The molecule has 0 aromatic heterocycles. The maximum absolute atomic E-state index is 12.9. The average Bonchev–Trinajstić information content (AvgIpc) is 2.60. The molecular formula is C18H30ClN3O3S. The number of hydrogen-bond acceptors (Lipinski definition) is 4. The number of likely N-dealkylation sites (tertiary alicyclic amines) is 1. The highest BCUT2D eigenvalue weighted by Crippen LogP contribution is 2.25. The average molecular weight is 404 g/mol. The number of sulfonamides is 1. The van der Waals surface area contributed by atoms with Crippen molar-refractivity contribution in [3.05, 3.63) is 29.8 Å². The Morgan fingerprint density at radius 3 is 2.62 bits per heavy atom. The molecule has 1 fully saturated rings. The minimum atomic E-state index is -3.61. The molecule has 1 aliphatic rings. The van der Waals surface area contributed by atoms with Gasteiger partial charge < -0.3 is 10.6 Å². The zero-order chi connectivity index (χ0) is 18.8. The Morgan fingerprint density at radius 1 is 1.38 bits per heavy atom. The molecule has 6 nitrogen and oxygen atoms in total. The van der Waals surface area contributed by atoms with Crippen LogP contribution in [-0.2, 0) is 10.0 Å². The van der Waals surface area contributed by atoms with Gasteiger partial charge in [-0.25, -0.2) is 8.42 Å². The van der Waals surface area contributed by atoms with Crippen LogP contribution in [0.4, 0.5) is 0 Å². The minimum Gasteiger partial charge on any atom is -0.334 e. The third kappa shape index (κ3) is 4.76. The van der Waals surface area contributed by atoms with Crippen molar-refractivity contribution in [2.45, 2.75) is 50.6 Å². The molecule has 1 amide bonds. The lowest BCUT2D eigenvalue weighted by Crippen LogP contribution is -2.49. The number of nitrogens with zero attached hydrogens (tertiary/aromatic N) is 2. The summed E-state index contributed by atoms with van der Waals surface area (Å²) in [6.07, 6.45) is 1.83. The zero-order valence-electron chi connectivity index (χ0n) is 15.9. The van der Waals surface area contributed by atoms with Crippen molar-refractivity contribution >= 4 is 28.3 Å². The highest BCUT2D eigenvalue weighted by atomic mass is 35.5. The Bertz CT molecular complexity index is 724. The van der Waals surface area contributed by atoms with Gasteiger partial charge in [-0.15, -0.1) is 12.4 Å². The second-order valence-electron chi connectivity index (χ2n) is 7.16. The van der Waals surface area contributed by atoms with Crippen LogP contribution in [0.1, 0.15) is 44.0 Å². The molecule has 0 radical (unpaired) electrons. The molecule has 0 aliphatic carbocycles. The van der Waals surface area contributed by atoms with Gasteiger partial charge in [0.25, 0.3) is 5.91 Å². The normalized spacial score (nSPS) is 21.0. The predicted octanol–water partition coefficient (Wildman–Crippen LogP) is 2.34. The number of amides is 1. The zero-order valence-corrected chi connectivity index (χ0v) is 17.5. The van der Waals surface area contributed by atoms with Gasteiger partial charge in [-0.1, -0.05) is 13.0 Å². The minimum absolute atomic E-state index is 0. The van der Waals surface area contributed by atoms with Crippen LogP contribution in [0.25, 0.3) is 0 Å². The molecule has 148 valence electrons. The Labute approximate surface area is 163 Å². The summed E-state index contributed by atoms with van der Waals surface area (Å²) in [6.45, 7) is 6.87. The first-order valence-electron chi connectivity index (χ1n) is 8.77. The van der Waals surface area contributed by atoms with E-state index in [0.717, 1.165) is 12.8 Å². The maximum atomic E-state index is 12.9. The van der Waals surface area contributed by atoms with Gasteiger partial charge >= 0.3 is 0 Å². The standard InChI is InChI=1S/C18H29N3O3S.ClH/c1-13(2)20(4)25(23,24)17-7-5-6-15(11-17)18(22)21-9-8-14(3)10-16(21)12-19;/h5-7,11,13-14,16H,8-10,12,19H2,1-4H3;1H. The van der Waals surface area contributed by atoms with E-state index >= 15 is 0 Å². The van der Waals surface area contributed by atoms with Gasteiger partial charge in [0.15, 0.2) is 0 Å². The Balaban J connectivity index is 0.00000338. The Kier molecular flexibility index (Phi) is 8.07. The molecule has 1 saturated heterocycles. The van der Waals surface area contributed by atoms with Crippen LogP contribution in [0.2, 0.25) is 0 Å². The number of benzene rings is 1. The van der Waals surface area contributed by atoms with E-state index < -0.39 is 10.0 Å². The van der Waals surface area contributed by atoms with Crippen molar-refractivity contribution in [2.24, 2.45) is 11.7 Å². The largest absolute Gasteiger partial charge is 0.334 e. The number of carbonyl (C=O) groups excluding carboxylic acids is 1. The first-order valence-corrected chi connectivity index (χ1v) is 10.2. The maximum Gasteiger partial charge on any atom is 0.254 e. The van der Waals surface area contributed by atoms with E-state index in [1.54, 1.807) is 24.1 Å². The smallest absolute Gasteiger partial charge is 0.254 e. The molecule has 1 aliphatic heterocycles. The predicted molar refractivity (Wildman–Crippen MR) is 106 cm³/mol. The quantitative estimate of drug-likeness (QED) is 0.817. The molecule has 8 heteroatoms. The van der Waals surface area contributed by atoms with E-state index in [1.165, 1.54) is 16.4 Å². The molecule has 0 saturated carbocycles. The van der Waals surface area contributed by atoms with Crippen LogP contribution >= 0.6 is 12.4 Å². The van der Waals surface area contributed by atoms with Gasteiger partial charge in [0.2, 0.25) is 10.0 Å². The molecule has 1 aromatic carbocycles. The van der Waals surface area contributed by atoms with Crippen molar-refractivity contribution in [1.82, 2.24) is 9.21 Å². The van der Waals surface area contributed by atoms with E-state index in [9.17, 15) is 13.2 Å². The van der Waals surface area contributed by atoms with Crippen LogP contribution in [0, 0.1) is 5.92 Å². The van der Waals surface area contributed by atoms with Crippen LogP contribution in [0.5, 0.6) is 0 Å². The number of piperidine rings is 1. The lowest BCUT2D eigenvalue weighted by Gasteiger charge is -2.38. The summed E-state index contributed by atoms with van der Waals surface area (Å²) in [6, 6.07) is 6.15. The Morgan fingerprint density at radius 2 is 2.04 bits per heavy atom.